The van der Waals surface area contributed by atoms with Crippen molar-refractivity contribution in [1.29, 1.82) is 0 Å². The Bertz CT molecular complexity index is 1110. The molecular formula is C21H23ClN6O3S. The molecule has 1 aromatic heterocycles. The molecule has 3 rings (SSSR count). The van der Waals surface area contributed by atoms with E-state index < -0.39 is 10.8 Å². The third-order valence-corrected chi connectivity index (χ3v) is 6.04. The summed E-state index contributed by atoms with van der Waals surface area (Å²) in [6.07, 6.45) is 0. The molecule has 11 heteroatoms. The minimum Gasteiger partial charge on any atom is -0.320 e. The zero-order valence-electron chi connectivity index (χ0n) is 17.9. The number of hydrogen-bond donors (Lipinski definition) is 1. The molecule has 0 radical (unpaired) electrons. The zero-order valence-corrected chi connectivity index (χ0v) is 19.4. The van der Waals surface area contributed by atoms with Crippen molar-refractivity contribution < 1.29 is 9.72 Å². The van der Waals surface area contributed by atoms with Gasteiger partial charge in [0.05, 0.1) is 23.3 Å². The van der Waals surface area contributed by atoms with Gasteiger partial charge in [0.2, 0.25) is 5.91 Å². The molecule has 3 aromatic rings. The van der Waals surface area contributed by atoms with E-state index in [1.165, 1.54) is 30.0 Å². The molecule has 9 nitrogen and oxygen atoms in total. The third kappa shape index (κ3) is 5.84. The Morgan fingerprint density at radius 2 is 1.97 bits per heavy atom. The number of benzene rings is 2. The number of nitro benzene ring substituents is 1. The first-order valence-corrected chi connectivity index (χ1v) is 11.1. The summed E-state index contributed by atoms with van der Waals surface area (Å²) in [5.74, 6) is 0.386. The van der Waals surface area contributed by atoms with Crippen molar-refractivity contribution in [3.05, 3.63) is 75.1 Å². The Kier molecular flexibility index (Phi) is 7.84. The normalized spacial score (nSPS) is 12.0. The number of halogens is 1. The number of anilines is 1. The van der Waals surface area contributed by atoms with Crippen LogP contribution in [0.15, 0.2) is 53.7 Å². The summed E-state index contributed by atoms with van der Waals surface area (Å²) in [6.45, 7) is 2.59. The fourth-order valence-corrected chi connectivity index (χ4v) is 3.86. The van der Waals surface area contributed by atoms with E-state index in [9.17, 15) is 14.9 Å². The molecule has 0 aliphatic heterocycles. The first-order valence-electron chi connectivity index (χ1n) is 9.76. The van der Waals surface area contributed by atoms with Gasteiger partial charge in [-0.1, -0.05) is 53.7 Å². The molecule has 168 valence electrons. The number of amides is 1. The second kappa shape index (κ2) is 10.6. The lowest BCUT2D eigenvalue weighted by Gasteiger charge is -2.20. The van der Waals surface area contributed by atoms with Gasteiger partial charge in [-0.2, -0.15) is 0 Å². The predicted molar refractivity (Wildman–Crippen MR) is 125 cm³/mol. The Hall–Kier alpha value is -2.95. The van der Waals surface area contributed by atoms with Gasteiger partial charge in [0.1, 0.15) is 5.69 Å². The molecule has 0 saturated heterocycles. The van der Waals surface area contributed by atoms with Crippen LogP contribution in [0.25, 0.3) is 0 Å². The number of carbonyl (C=O) groups excluding carboxylic acids is 1. The highest BCUT2D eigenvalue weighted by atomic mass is 35.5. The van der Waals surface area contributed by atoms with Crippen LogP contribution >= 0.6 is 23.4 Å². The average Bonchev–Trinajstić information content (AvgIpc) is 3.14. The summed E-state index contributed by atoms with van der Waals surface area (Å²) in [5.41, 5.74) is 0.920. The summed E-state index contributed by atoms with van der Waals surface area (Å²) in [6, 6.07) is 14.0. The molecule has 0 bridgehead atoms. The van der Waals surface area contributed by atoms with E-state index in [1.807, 2.05) is 60.8 Å². The molecule has 0 spiro atoms. The van der Waals surface area contributed by atoms with Gasteiger partial charge in [-0.15, -0.1) is 10.2 Å². The van der Waals surface area contributed by atoms with Crippen LogP contribution in [0.4, 0.5) is 11.4 Å². The highest BCUT2D eigenvalue weighted by molar-refractivity contribution is 7.99. The molecule has 0 saturated carbocycles. The van der Waals surface area contributed by atoms with Crippen molar-refractivity contribution in [3.63, 3.8) is 0 Å². The molecule has 0 aliphatic carbocycles. The van der Waals surface area contributed by atoms with Crippen molar-refractivity contribution in [2.45, 2.75) is 24.7 Å². The second-order valence-electron chi connectivity index (χ2n) is 7.31. The standard InChI is InChI=1S/C21H23ClN6O3S/c1-14(26(2)3)20-24-25-21(27(20)12-15-7-5-4-6-8-15)32-13-19(29)23-17-11-16(22)9-10-18(17)28(30)31/h4-11,14H,12-13H2,1-3H3,(H,23,29)/t14-/m0/s1. The highest BCUT2D eigenvalue weighted by Gasteiger charge is 2.21. The molecule has 2 aromatic carbocycles. The van der Waals surface area contributed by atoms with Crippen LogP contribution in [0.3, 0.4) is 0 Å². The SMILES string of the molecule is C[C@@H](c1nnc(SCC(=O)Nc2cc(Cl)ccc2[N+](=O)[O-])n1Cc1ccccc1)N(C)C. The van der Waals surface area contributed by atoms with Gasteiger partial charge >= 0.3 is 0 Å². The summed E-state index contributed by atoms with van der Waals surface area (Å²) in [4.78, 5) is 25.2. The van der Waals surface area contributed by atoms with Crippen LogP contribution in [0.2, 0.25) is 5.02 Å². The fraction of sp³-hybridized carbons (Fsp3) is 0.286. The Balaban J connectivity index is 1.78. The van der Waals surface area contributed by atoms with Crippen LogP contribution in [-0.2, 0) is 11.3 Å². The maximum absolute atomic E-state index is 12.5. The molecule has 1 N–H and O–H groups in total. The number of rotatable bonds is 9. The fourth-order valence-electron chi connectivity index (χ4n) is 2.95. The van der Waals surface area contributed by atoms with Gasteiger partial charge in [0.25, 0.3) is 5.69 Å². The Morgan fingerprint density at radius 1 is 1.25 bits per heavy atom. The topological polar surface area (TPSA) is 106 Å². The first kappa shape index (κ1) is 23.7. The predicted octanol–water partition coefficient (Wildman–Crippen LogP) is 4.24. The molecule has 1 atom stereocenters. The maximum Gasteiger partial charge on any atom is 0.292 e. The lowest BCUT2D eigenvalue weighted by Crippen LogP contribution is -2.21. The van der Waals surface area contributed by atoms with Gasteiger partial charge in [-0.3, -0.25) is 19.8 Å². The van der Waals surface area contributed by atoms with Crippen molar-refractivity contribution in [2.75, 3.05) is 25.2 Å². The maximum atomic E-state index is 12.5. The smallest absolute Gasteiger partial charge is 0.292 e. The summed E-state index contributed by atoms with van der Waals surface area (Å²) in [7, 11) is 3.93. The van der Waals surface area contributed by atoms with Crippen LogP contribution in [-0.4, -0.2) is 50.3 Å². The molecule has 1 heterocycles. The van der Waals surface area contributed by atoms with E-state index in [0.717, 1.165) is 11.4 Å². The minimum absolute atomic E-state index is 0.00688. The van der Waals surface area contributed by atoms with Crippen molar-refractivity contribution in [1.82, 2.24) is 19.7 Å². The van der Waals surface area contributed by atoms with Crippen LogP contribution in [0.5, 0.6) is 0 Å². The number of thioether (sulfide) groups is 1. The van der Waals surface area contributed by atoms with E-state index in [2.05, 4.69) is 15.5 Å². The largest absolute Gasteiger partial charge is 0.320 e. The van der Waals surface area contributed by atoms with Gasteiger partial charge in [-0.05, 0) is 38.7 Å². The molecule has 32 heavy (non-hydrogen) atoms. The van der Waals surface area contributed by atoms with Crippen molar-refractivity contribution >= 4 is 40.6 Å². The third-order valence-electron chi connectivity index (χ3n) is 4.84. The number of aromatic nitrogens is 3. The first-order chi connectivity index (χ1) is 15.3. The van der Waals surface area contributed by atoms with E-state index in [1.54, 1.807) is 0 Å². The number of nitro groups is 1. The molecule has 0 unspecified atom stereocenters. The highest BCUT2D eigenvalue weighted by Crippen LogP contribution is 2.28. The van der Waals surface area contributed by atoms with Gasteiger partial charge in [-0.25, -0.2) is 0 Å². The van der Waals surface area contributed by atoms with E-state index in [-0.39, 0.29) is 23.2 Å². The minimum atomic E-state index is -0.565. The van der Waals surface area contributed by atoms with E-state index in [0.29, 0.717) is 16.7 Å². The van der Waals surface area contributed by atoms with Crippen molar-refractivity contribution in [2.24, 2.45) is 0 Å². The van der Waals surface area contributed by atoms with Gasteiger partial charge in [0.15, 0.2) is 11.0 Å². The number of carbonyl (C=O) groups is 1. The molecule has 1 amide bonds. The van der Waals surface area contributed by atoms with Crippen LogP contribution in [0, 0.1) is 10.1 Å². The van der Waals surface area contributed by atoms with Gasteiger partial charge in [0, 0.05) is 11.1 Å². The summed E-state index contributed by atoms with van der Waals surface area (Å²) < 4.78 is 1.99. The lowest BCUT2D eigenvalue weighted by molar-refractivity contribution is -0.383. The number of nitrogens with zero attached hydrogens (tertiary/aromatic N) is 5. The number of hydrogen-bond acceptors (Lipinski definition) is 7. The monoisotopic (exact) mass is 474 g/mol. The Morgan fingerprint density at radius 3 is 2.62 bits per heavy atom. The van der Waals surface area contributed by atoms with Crippen LogP contribution < -0.4 is 5.32 Å². The van der Waals surface area contributed by atoms with Crippen molar-refractivity contribution in [3.8, 4) is 0 Å². The second-order valence-corrected chi connectivity index (χ2v) is 8.69. The lowest BCUT2D eigenvalue weighted by atomic mass is 10.2. The Labute approximate surface area is 194 Å². The van der Waals surface area contributed by atoms with Gasteiger partial charge < -0.3 is 9.88 Å². The molecule has 0 aliphatic rings. The quantitative estimate of drug-likeness (QED) is 0.281. The molecular weight excluding hydrogens is 452 g/mol. The summed E-state index contributed by atoms with van der Waals surface area (Å²) in [5, 5.41) is 23.3. The number of nitrogens with one attached hydrogen (secondary N) is 1. The van der Waals surface area contributed by atoms with E-state index in [4.69, 9.17) is 11.6 Å². The zero-order chi connectivity index (χ0) is 23.3. The van der Waals surface area contributed by atoms with E-state index >= 15 is 0 Å². The summed E-state index contributed by atoms with van der Waals surface area (Å²) >= 11 is 7.15. The molecule has 0 fully saturated rings. The van der Waals surface area contributed by atoms with Crippen LogP contribution in [0.1, 0.15) is 24.4 Å². The average molecular weight is 475 g/mol.